The average Bonchev–Trinajstić information content (AvgIpc) is 3.10. The van der Waals surface area contributed by atoms with Crippen LogP contribution >= 0.6 is 11.3 Å². The third kappa shape index (κ3) is 4.61. The zero-order valence-electron chi connectivity index (χ0n) is 15.0. The molecule has 0 aliphatic rings. The third-order valence-corrected chi connectivity index (χ3v) is 4.71. The summed E-state index contributed by atoms with van der Waals surface area (Å²) in [5, 5.41) is 3.76. The number of methoxy groups -OCH3 is 1. The van der Waals surface area contributed by atoms with E-state index in [0.717, 1.165) is 18.4 Å². The van der Waals surface area contributed by atoms with Crippen LogP contribution in [0.1, 0.15) is 25.3 Å². The number of H-pyrrole nitrogens is 1. The molecule has 2 heterocycles. The van der Waals surface area contributed by atoms with Crippen LogP contribution in [0.4, 0.5) is 11.5 Å². The van der Waals surface area contributed by atoms with Gasteiger partial charge in [-0.1, -0.05) is 13.3 Å². The monoisotopic (exact) mass is 380 g/mol. The lowest BCUT2D eigenvalue weighted by molar-refractivity contribution is -0.118. The van der Waals surface area contributed by atoms with Crippen molar-refractivity contribution in [2.75, 3.05) is 30.9 Å². The molecule has 0 radical (unpaired) electrons. The fourth-order valence-electron chi connectivity index (χ4n) is 2.58. The minimum atomic E-state index is -0.671. The second-order valence-electron chi connectivity index (χ2n) is 5.84. The molecule has 0 fully saturated rings. The molecule has 0 aromatic carbocycles. The predicted octanol–water partition coefficient (Wildman–Crippen LogP) is 1.20. The second-order valence-corrected chi connectivity index (χ2v) is 6.62. The first-order valence-corrected chi connectivity index (χ1v) is 9.36. The Labute approximate surface area is 155 Å². The zero-order valence-corrected chi connectivity index (χ0v) is 15.8. The minimum absolute atomic E-state index is 0.00183. The second kappa shape index (κ2) is 9.35. The zero-order chi connectivity index (χ0) is 19.1. The first kappa shape index (κ1) is 19.9. The number of amides is 1. The van der Waals surface area contributed by atoms with Crippen molar-refractivity contribution in [1.82, 2.24) is 9.55 Å². The van der Waals surface area contributed by atoms with Crippen molar-refractivity contribution >= 4 is 28.7 Å². The quantitative estimate of drug-likeness (QED) is 0.679. The molecule has 1 amide bonds. The Bertz CT molecular complexity index is 841. The summed E-state index contributed by atoms with van der Waals surface area (Å²) in [5.41, 5.74) is 5.74. The van der Waals surface area contributed by atoms with Gasteiger partial charge in [0.25, 0.3) is 5.56 Å². The summed E-state index contributed by atoms with van der Waals surface area (Å²) < 4.78 is 6.37. The van der Waals surface area contributed by atoms with Gasteiger partial charge in [0.2, 0.25) is 5.91 Å². The summed E-state index contributed by atoms with van der Waals surface area (Å²) in [6, 6.07) is 1.85. The molecule has 0 unspecified atom stereocenters. The van der Waals surface area contributed by atoms with Crippen LogP contribution in [0.5, 0.6) is 0 Å². The Morgan fingerprint density at radius 1 is 1.42 bits per heavy atom. The van der Waals surface area contributed by atoms with Crippen molar-refractivity contribution in [2.45, 2.75) is 32.7 Å². The molecule has 2 aromatic heterocycles. The van der Waals surface area contributed by atoms with Crippen molar-refractivity contribution in [3.8, 4) is 0 Å². The highest BCUT2D eigenvalue weighted by Gasteiger charge is 2.24. The average molecular weight is 380 g/mol. The maximum atomic E-state index is 12.8. The molecule has 3 N–H and O–H groups in total. The SMILES string of the molecule is CCCCn1c(N)c(N(CCOC)C(=O)Cc2ccsc2)c(=O)[nH]c1=O. The number of aromatic nitrogens is 2. The van der Waals surface area contributed by atoms with Gasteiger partial charge in [0.15, 0.2) is 5.69 Å². The van der Waals surface area contributed by atoms with Crippen molar-refractivity contribution in [1.29, 1.82) is 0 Å². The number of anilines is 2. The highest BCUT2D eigenvalue weighted by atomic mass is 32.1. The van der Waals surface area contributed by atoms with Crippen LogP contribution in [0.25, 0.3) is 0 Å². The van der Waals surface area contributed by atoms with Gasteiger partial charge in [-0.15, -0.1) is 0 Å². The molecule has 0 saturated heterocycles. The molecule has 0 bridgehead atoms. The van der Waals surface area contributed by atoms with Gasteiger partial charge >= 0.3 is 5.69 Å². The Morgan fingerprint density at radius 2 is 2.19 bits per heavy atom. The lowest BCUT2D eigenvalue weighted by atomic mass is 10.2. The van der Waals surface area contributed by atoms with Gasteiger partial charge in [0.1, 0.15) is 5.82 Å². The Morgan fingerprint density at radius 3 is 2.81 bits per heavy atom. The highest BCUT2D eigenvalue weighted by molar-refractivity contribution is 7.08. The number of aromatic amines is 1. The number of unbranched alkanes of at least 4 members (excludes halogenated alkanes) is 1. The normalized spacial score (nSPS) is 10.8. The van der Waals surface area contributed by atoms with Crippen LogP contribution in [0, 0.1) is 0 Å². The molecule has 8 nitrogen and oxygen atoms in total. The summed E-state index contributed by atoms with van der Waals surface area (Å²) in [5.74, 6) is -0.277. The standard InChI is InChI=1S/C17H24N4O4S/c1-3-4-6-21-15(18)14(16(23)19-17(21)24)20(7-8-25-2)13(22)10-12-5-9-26-11-12/h5,9,11H,3-4,6-8,10,18H2,1-2H3,(H,19,23,24). The molecule has 0 aliphatic heterocycles. The van der Waals surface area contributed by atoms with Crippen LogP contribution in [0.15, 0.2) is 26.4 Å². The maximum absolute atomic E-state index is 12.8. The Hall–Kier alpha value is -2.39. The number of hydrogen-bond acceptors (Lipinski definition) is 6. The number of ether oxygens (including phenoxy) is 1. The summed E-state index contributed by atoms with van der Waals surface area (Å²) in [6.07, 6.45) is 1.74. The number of carbonyl (C=O) groups excluding carboxylic acids is 1. The lowest BCUT2D eigenvalue weighted by Gasteiger charge is -2.24. The van der Waals surface area contributed by atoms with E-state index in [1.807, 2.05) is 23.8 Å². The van der Waals surface area contributed by atoms with Crippen molar-refractivity contribution in [3.05, 3.63) is 43.2 Å². The van der Waals surface area contributed by atoms with E-state index in [1.54, 1.807) is 0 Å². The highest BCUT2D eigenvalue weighted by Crippen LogP contribution is 2.19. The smallest absolute Gasteiger partial charge is 0.330 e. The van der Waals surface area contributed by atoms with Gasteiger partial charge in [-0.05, 0) is 28.8 Å². The molecular weight excluding hydrogens is 356 g/mol. The van der Waals surface area contributed by atoms with E-state index in [9.17, 15) is 14.4 Å². The summed E-state index contributed by atoms with van der Waals surface area (Å²) in [6.45, 7) is 2.77. The van der Waals surface area contributed by atoms with Crippen molar-refractivity contribution in [3.63, 3.8) is 0 Å². The number of carbonyl (C=O) groups is 1. The molecule has 9 heteroatoms. The molecule has 0 atom stereocenters. The van der Waals surface area contributed by atoms with Gasteiger partial charge in [-0.3, -0.25) is 19.1 Å². The number of nitrogen functional groups attached to an aromatic ring is 1. The van der Waals surface area contributed by atoms with Crippen LogP contribution < -0.4 is 21.9 Å². The number of thiophene rings is 1. The fourth-order valence-corrected chi connectivity index (χ4v) is 3.25. The van der Waals surface area contributed by atoms with Crippen LogP contribution in [-0.4, -0.2) is 35.7 Å². The Balaban J connectivity index is 2.44. The molecular formula is C17H24N4O4S. The first-order chi connectivity index (χ1) is 12.5. The molecule has 2 rings (SSSR count). The predicted molar refractivity (Wildman–Crippen MR) is 103 cm³/mol. The molecule has 26 heavy (non-hydrogen) atoms. The van der Waals surface area contributed by atoms with Crippen molar-refractivity contribution in [2.24, 2.45) is 0 Å². The molecule has 2 aromatic rings. The van der Waals surface area contributed by atoms with E-state index in [4.69, 9.17) is 10.5 Å². The Kier molecular flexibility index (Phi) is 7.16. The van der Waals surface area contributed by atoms with Crippen LogP contribution in [-0.2, 0) is 22.5 Å². The first-order valence-electron chi connectivity index (χ1n) is 8.42. The van der Waals surface area contributed by atoms with Crippen LogP contribution in [0.2, 0.25) is 0 Å². The molecule has 0 aliphatic carbocycles. The minimum Gasteiger partial charge on any atom is -0.383 e. The van der Waals surface area contributed by atoms with Gasteiger partial charge in [-0.2, -0.15) is 11.3 Å². The molecule has 0 spiro atoms. The van der Waals surface area contributed by atoms with Gasteiger partial charge < -0.3 is 15.4 Å². The summed E-state index contributed by atoms with van der Waals surface area (Å²) in [4.78, 5) is 40.9. The molecule has 142 valence electrons. The maximum Gasteiger partial charge on any atom is 0.330 e. The van der Waals surface area contributed by atoms with Gasteiger partial charge in [0, 0.05) is 20.2 Å². The number of hydrogen-bond donors (Lipinski definition) is 2. The van der Waals surface area contributed by atoms with E-state index < -0.39 is 11.2 Å². The number of nitrogens with one attached hydrogen (secondary N) is 1. The van der Waals surface area contributed by atoms with E-state index in [2.05, 4.69) is 4.98 Å². The topological polar surface area (TPSA) is 110 Å². The number of nitrogens with two attached hydrogens (primary N) is 1. The largest absolute Gasteiger partial charge is 0.383 e. The summed E-state index contributed by atoms with van der Waals surface area (Å²) >= 11 is 1.49. The van der Waals surface area contributed by atoms with Crippen molar-refractivity contribution < 1.29 is 9.53 Å². The number of nitrogens with zero attached hydrogens (tertiary/aromatic N) is 2. The van der Waals surface area contributed by atoms with E-state index in [1.165, 1.54) is 27.9 Å². The van der Waals surface area contributed by atoms with E-state index in [-0.39, 0.29) is 37.0 Å². The fraction of sp³-hybridized carbons (Fsp3) is 0.471. The van der Waals surface area contributed by atoms with Gasteiger partial charge in [0.05, 0.1) is 13.0 Å². The molecule has 0 saturated carbocycles. The number of rotatable bonds is 9. The van der Waals surface area contributed by atoms with E-state index in [0.29, 0.717) is 6.54 Å². The summed E-state index contributed by atoms with van der Waals surface area (Å²) in [7, 11) is 1.51. The third-order valence-electron chi connectivity index (χ3n) is 3.97. The van der Waals surface area contributed by atoms with E-state index >= 15 is 0 Å². The van der Waals surface area contributed by atoms with Crippen LogP contribution in [0.3, 0.4) is 0 Å². The lowest BCUT2D eigenvalue weighted by Crippen LogP contribution is -2.43. The van der Waals surface area contributed by atoms with Gasteiger partial charge in [-0.25, -0.2) is 4.79 Å².